The van der Waals surface area contributed by atoms with Crippen molar-refractivity contribution in [3.05, 3.63) is 22.8 Å². The van der Waals surface area contributed by atoms with Crippen LogP contribution < -0.4 is 10.1 Å². The minimum atomic E-state index is -0.645. The number of rotatable bonds is 4. The van der Waals surface area contributed by atoms with Crippen LogP contribution >= 0.6 is 0 Å². The number of nitrogens with one attached hydrogen (secondary N) is 1. The van der Waals surface area contributed by atoms with Gasteiger partial charge in [-0.2, -0.15) is 0 Å². The number of piperazine rings is 1. The Morgan fingerprint density at radius 1 is 1.30 bits per heavy atom. The number of esters is 1. The van der Waals surface area contributed by atoms with E-state index < -0.39 is 17.7 Å². The number of fused-ring (bicyclic) bond motifs is 4. The molecular formula is C22H32N2O6. The number of carbonyl (C=O) groups excluding carboxylic acids is 2. The van der Waals surface area contributed by atoms with E-state index in [0.29, 0.717) is 30.7 Å². The smallest absolute Gasteiger partial charge is 0.411 e. The van der Waals surface area contributed by atoms with E-state index in [1.54, 1.807) is 4.90 Å². The number of aryl methyl sites for hydroxylation is 1. The largest absolute Gasteiger partial charge is 0.504 e. The zero-order valence-electron chi connectivity index (χ0n) is 18.6. The van der Waals surface area contributed by atoms with Crippen molar-refractivity contribution in [1.82, 2.24) is 10.2 Å². The Bertz CT molecular complexity index is 832. The number of phenolic OH excluding ortho intramolecular Hbond substituents is 1. The van der Waals surface area contributed by atoms with Crippen LogP contribution in [0.5, 0.6) is 11.5 Å². The highest BCUT2D eigenvalue weighted by molar-refractivity contribution is 5.72. The van der Waals surface area contributed by atoms with Gasteiger partial charge >= 0.3 is 12.1 Å². The molecule has 30 heavy (non-hydrogen) atoms. The van der Waals surface area contributed by atoms with Crippen LogP contribution in [0, 0.1) is 6.92 Å². The van der Waals surface area contributed by atoms with Gasteiger partial charge in [-0.3, -0.25) is 9.69 Å². The quantitative estimate of drug-likeness (QED) is 0.723. The lowest BCUT2D eigenvalue weighted by Crippen LogP contribution is -2.63. The Morgan fingerprint density at radius 3 is 2.60 bits per heavy atom. The van der Waals surface area contributed by atoms with Crippen molar-refractivity contribution < 1.29 is 28.9 Å². The predicted molar refractivity (Wildman–Crippen MR) is 111 cm³/mol. The molecule has 1 fully saturated rings. The lowest BCUT2D eigenvalue weighted by atomic mass is 9.79. The fourth-order valence-electron chi connectivity index (χ4n) is 4.52. The Hall–Kier alpha value is -2.48. The van der Waals surface area contributed by atoms with Gasteiger partial charge < -0.3 is 24.6 Å². The van der Waals surface area contributed by atoms with Crippen LogP contribution in [0.2, 0.25) is 0 Å². The zero-order valence-corrected chi connectivity index (χ0v) is 18.6. The summed E-state index contributed by atoms with van der Waals surface area (Å²) in [6, 6.07) is 1.17. The highest BCUT2D eigenvalue weighted by atomic mass is 16.6. The van der Waals surface area contributed by atoms with Gasteiger partial charge in [0.25, 0.3) is 0 Å². The van der Waals surface area contributed by atoms with Crippen molar-refractivity contribution in [2.75, 3.05) is 20.8 Å². The van der Waals surface area contributed by atoms with Gasteiger partial charge in [-0.25, -0.2) is 4.79 Å². The highest BCUT2D eigenvalue weighted by Gasteiger charge is 2.48. The van der Waals surface area contributed by atoms with E-state index in [1.165, 1.54) is 14.2 Å². The molecule has 1 amide bonds. The minimum absolute atomic E-state index is 0.0382. The van der Waals surface area contributed by atoms with Gasteiger partial charge in [-0.1, -0.05) is 6.07 Å². The number of nitrogens with zero attached hydrogens (tertiary/aromatic N) is 1. The van der Waals surface area contributed by atoms with Crippen molar-refractivity contribution in [2.45, 2.75) is 70.7 Å². The minimum Gasteiger partial charge on any atom is -0.504 e. The molecule has 2 aliphatic heterocycles. The molecule has 0 radical (unpaired) electrons. The molecular weight excluding hydrogens is 388 g/mol. The molecule has 8 nitrogen and oxygen atoms in total. The van der Waals surface area contributed by atoms with Gasteiger partial charge in [0.2, 0.25) is 0 Å². The maximum Gasteiger partial charge on any atom is 0.411 e. The summed E-state index contributed by atoms with van der Waals surface area (Å²) in [6.07, 6.45) is 0.835. The first-order valence-corrected chi connectivity index (χ1v) is 10.3. The topological polar surface area (TPSA) is 97.3 Å². The van der Waals surface area contributed by atoms with E-state index in [4.69, 9.17) is 14.2 Å². The lowest BCUT2D eigenvalue weighted by Gasteiger charge is -2.51. The predicted octanol–water partition coefficient (Wildman–Crippen LogP) is 2.84. The first-order chi connectivity index (χ1) is 14.1. The molecule has 8 heteroatoms. The number of carbonyl (C=O) groups is 2. The molecule has 2 N–H and O–H groups in total. The zero-order chi connectivity index (χ0) is 22.2. The summed E-state index contributed by atoms with van der Waals surface area (Å²) in [6.45, 7) is 7.95. The maximum atomic E-state index is 13.2. The van der Waals surface area contributed by atoms with Crippen LogP contribution in [-0.2, 0) is 20.7 Å². The van der Waals surface area contributed by atoms with E-state index in [0.717, 1.165) is 11.1 Å². The average Bonchev–Trinajstić information content (AvgIpc) is 2.65. The molecule has 2 bridgehead atoms. The second-order valence-electron chi connectivity index (χ2n) is 8.97. The van der Waals surface area contributed by atoms with E-state index in [-0.39, 0.29) is 30.2 Å². The van der Waals surface area contributed by atoms with E-state index in [2.05, 4.69) is 5.32 Å². The average molecular weight is 421 g/mol. The molecule has 0 spiro atoms. The summed E-state index contributed by atoms with van der Waals surface area (Å²) in [5, 5.41) is 14.5. The number of hydrogen-bond donors (Lipinski definition) is 2. The van der Waals surface area contributed by atoms with E-state index >= 15 is 0 Å². The van der Waals surface area contributed by atoms with Crippen molar-refractivity contribution in [1.29, 1.82) is 0 Å². The molecule has 3 unspecified atom stereocenters. The fourth-order valence-corrected chi connectivity index (χ4v) is 4.52. The molecule has 1 aromatic carbocycles. The molecule has 2 heterocycles. The summed E-state index contributed by atoms with van der Waals surface area (Å²) < 4.78 is 15.9. The number of methoxy groups -OCH3 is 2. The SMILES string of the molecule is COC(=O)CCC1NCC2Cc3cc(C)c(OC)c(O)c3C1N2C(=O)OC(C)(C)C. The number of hydrogen-bond acceptors (Lipinski definition) is 7. The molecule has 1 aromatic rings. The first-order valence-electron chi connectivity index (χ1n) is 10.3. The Labute approximate surface area is 177 Å². The molecule has 3 rings (SSSR count). The molecule has 3 atom stereocenters. The van der Waals surface area contributed by atoms with Crippen molar-refractivity contribution >= 4 is 12.1 Å². The van der Waals surface area contributed by atoms with Crippen LogP contribution in [0.3, 0.4) is 0 Å². The van der Waals surface area contributed by atoms with Gasteiger partial charge in [0.05, 0.1) is 26.3 Å². The molecule has 0 aliphatic carbocycles. The van der Waals surface area contributed by atoms with Gasteiger partial charge in [0, 0.05) is 24.6 Å². The number of phenols is 1. The van der Waals surface area contributed by atoms with Crippen LogP contribution in [0.4, 0.5) is 4.79 Å². The second-order valence-corrected chi connectivity index (χ2v) is 8.97. The van der Waals surface area contributed by atoms with Crippen LogP contribution in [0.1, 0.15) is 56.3 Å². The van der Waals surface area contributed by atoms with Gasteiger partial charge in [0.15, 0.2) is 11.5 Å². The van der Waals surface area contributed by atoms with Gasteiger partial charge in [0.1, 0.15) is 5.60 Å². The lowest BCUT2D eigenvalue weighted by molar-refractivity contribution is -0.141. The van der Waals surface area contributed by atoms with Crippen molar-refractivity contribution in [3.63, 3.8) is 0 Å². The molecule has 166 valence electrons. The third kappa shape index (κ3) is 4.19. The van der Waals surface area contributed by atoms with Crippen molar-refractivity contribution in [2.24, 2.45) is 0 Å². The summed E-state index contributed by atoms with van der Waals surface area (Å²) in [7, 11) is 2.87. The highest BCUT2D eigenvalue weighted by Crippen LogP contribution is 2.48. The molecule has 0 saturated carbocycles. The third-order valence-electron chi connectivity index (χ3n) is 5.70. The van der Waals surface area contributed by atoms with Crippen LogP contribution in [0.15, 0.2) is 6.07 Å². The number of ether oxygens (including phenoxy) is 3. The standard InChI is InChI=1S/C22H32N2O6/c1-12-9-13-10-14-11-23-15(7-8-16(25)28-5)18(17(13)19(26)20(12)29-6)24(14)21(27)30-22(2,3)4/h9,14-15,18,23,26H,7-8,10-11H2,1-6H3. The van der Waals surface area contributed by atoms with Gasteiger partial charge in [-0.05, 0) is 51.7 Å². The second kappa shape index (κ2) is 8.34. The Morgan fingerprint density at radius 2 is 2.00 bits per heavy atom. The first kappa shape index (κ1) is 22.2. The van der Waals surface area contributed by atoms with Crippen molar-refractivity contribution in [3.8, 4) is 11.5 Å². The summed E-state index contributed by atoms with van der Waals surface area (Å²) in [5.41, 5.74) is 1.84. The summed E-state index contributed by atoms with van der Waals surface area (Å²) >= 11 is 0. The normalized spacial score (nSPS) is 22.9. The summed E-state index contributed by atoms with van der Waals surface area (Å²) in [4.78, 5) is 26.7. The molecule has 0 aromatic heterocycles. The van der Waals surface area contributed by atoms with Crippen LogP contribution in [0.25, 0.3) is 0 Å². The molecule has 1 saturated heterocycles. The molecule has 2 aliphatic rings. The summed E-state index contributed by atoms with van der Waals surface area (Å²) in [5.74, 6) is 0.120. The Kier molecular flexibility index (Phi) is 6.17. The van der Waals surface area contributed by atoms with E-state index in [1.807, 2.05) is 33.8 Å². The third-order valence-corrected chi connectivity index (χ3v) is 5.70. The maximum absolute atomic E-state index is 13.2. The van der Waals surface area contributed by atoms with E-state index in [9.17, 15) is 14.7 Å². The monoisotopic (exact) mass is 420 g/mol. The number of amides is 1. The number of aromatic hydroxyl groups is 1. The van der Waals surface area contributed by atoms with Gasteiger partial charge in [-0.15, -0.1) is 0 Å². The Balaban J connectivity index is 2.07. The van der Waals surface area contributed by atoms with Crippen LogP contribution in [-0.4, -0.2) is 60.5 Å². The fraction of sp³-hybridized carbons (Fsp3) is 0.636. The number of benzene rings is 1.